The van der Waals surface area contributed by atoms with Crippen molar-refractivity contribution < 1.29 is 18.3 Å². The van der Waals surface area contributed by atoms with Gasteiger partial charge in [-0.2, -0.15) is 13.2 Å². The van der Waals surface area contributed by atoms with Crippen LogP contribution in [0.2, 0.25) is 0 Å². The highest BCUT2D eigenvalue weighted by Crippen LogP contribution is 2.32. The van der Waals surface area contributed by atoms with Crippen molar-refractivity contribution in [2.75, 3.05) is 5.32 Å². The van der Waals surface area contributed by atoms with Crippen LogP contribution in [0.1, 0.15) is 36.4 Å². The second kappa shape index (κ2) is 8.57. The van der Waals surface area contributed by atoms with Gasteiger partial charge in [0.05, 0.1) is 17.0 Å². The number of H-pyrrole nitrogens is 1. The molecule has 0 aliphatic heterocycles. The minimum atomic E-state index is -4.42. The van der Waals surface area contributed by atoms with E-state index >= 15 is 0 Å². The zero-order valence-electron chi connectivity index (χ0n) is 19.1. The van der Waals surface area contributed by atoms with Crippen LogP contribution >= 0.6 is 0 Å². The molecule has 2 aromatic heterocycles. The number of rotatable bonds is 5. The number of halogens is 3. The van der Waals surface area contributed by atoms with E-state index in [2.05, 4.69) is 25.3 Å². The van der Waals surface area contributed by atoms with Gasteiger partial charge < -0.3 is 15.4 Å². The highest BCUT2D eigenvalue weighted by molar-refractivity contribution is 5.68. The van der Waals surface area contributed by atoms with Crippen LogP contribution in [0.25, 0.3) is 22.6 Å². The number of hydrogen-bond donors (Lipinski definition) is 3. The van der Waals surface area contributed by atoms with Gasteiger partial charge in [0, 0.05) is 28.7 Å². The maximum atomic E-state index is 12.9. The largest absolute Gasteiger partial charge is 0.416 e. The standard InChI is InChI=1S/C25H24F3N5O/c1-14-11-18(9-10-19(14)22-29-13-15(2)30-22)31-23-32-20(12-21(33-23)24(3,4)34)16-5-7-17(8-6-16)25(26,27)28/h5-13,34H,1-4H3,(H,29,30)(H,31,32,33). The Balaban J connectivity index is 1.69. The van der Waals surface area contributed by atoms with Crippen molar-refractivity contribution in [3.8, 4) is 22.6 Å². The molecule has 0 saturated carbocycles. The van der Waals surface area contributed by atoms with E-state index in [4.69, 9.17) is 0 Å². The lowest BCUT2D eigenvalue weighted by molar-refractivity contribution is -0.137. The predicted molar refractivity (Wildman–Crippen MR) is 124 cm³/mol. The lowest BCUT2D eigenvalue weighted by Crippen LogP contribution is -2.19. The summed E-state index contributed by atoms with van der Waals surface area (Å²) in [5.74, 6) is 0.988. The molecule has 0 radical (unpaired) electrons. The van der Waals surface area contributed by atoms with Gasteiger partial charge in [-0.05, 0) is 69.7 Å². The monoisotopic (exact) mass is 467 g/mol. The van der Waals surface area contributed by atoms with Crippen LogP contribution in [0.5, 0.6) is 0 Å². The van der Waals surface area contributed by atoms with Crippen molar-refractivity contribution in [1.82, 2.24) is 19.9 Å². The molecule has 0 amide bonds. The Kier molecular flexibility index (Phi) is 5.91. The number of benzene rings is 2. The van der Waals surface area contributed by atoms with E-state index in [0.29, 0.717) is 17.0 Å². The highest BCUT2D eigenvalue weighted by atomic mass is 19.4. The third-order valence-corrected chi connectivity index (χ3v) is 5.30. The van der Waals surface area contributed by atoms with Gasteiger partial charge in [0.15, 0.2) is 0 Å². The van der Waals surface area contributed by atoms with Crippen LogP contribution in [0, 0.1) is 13.8 Å². The van der Waals surface area contributed by atoms with Gasteiger partial charge in [-0.3, -0.25) is 0 Å². The average Bonchev–Trinajstić information content (AvgIpc) is 3.18. The molecule has 9 heteroatoms. The molecule has 6 nitrogen and oxygen atoms in total. The summed E-state index contributed by atoms with van der Waals surface area (Å²) in [6, 6.07) is 12.0. The maximum absolute atomic E-state index is 12.9. The molecule has 0 unspecified atom stereocenters. The van der Waals surface area contributed by atoms with Crippen molar-refractivity contribution in [2.24, 2.45) is 0 Å². The molecule has 0 fully saturated rings. The number of aromatic nitrogens is 4. The summed E-state index contributed by atoms with van der Waals surface area (Å²) in [7, 11) is 0. The van der Waals surface area contributed by atoms with Gasteiger partial charge in [0.1, 0.15) is 11.4 Å². The molecule has 4 aromatic rings. The number of aliphatic hydroxyl groups is 1. The number of nitrogens with zero attached hydrogens (tertiary/aromatic N) is 3. The summed E-state index contributed by atoms with van der Waals surface area (Å²) < 4.78 is 38.8. The van der Waals surface area contributed by atoms with E-state index in [1.807, 2.05) is 32.0 Å². The minimum Gasteiger partial charge on any atom is -0.384 e. The fourth-order valence-corrected chi connectivity index (χ4v) is 3.48. The fraction of sp³-hybridized carbons (Fsp3) is 0.240. The molecule has 176 valence electrons. The second-order valence-corrected chi connectivity index (χ2v) is 8.67. The molecule has 0 atom stereocenters. The van der Waals surface area contributed by atoms with Gasteiger partial charge in [-0.15, -0.1) is 0 Å². The van der Waals surface area contributed by atoms with Gasteiger partial charge in [-0.25, -0.2) is 15.0 Å². The molecule has 0 aliphatic carbocycles. The Bertz CT molecular complexity index is 1320. The van der Waals surface area contributed by atoms with E-state index < -0.39 is 17.3 Å². The number of hydrogen-bond acceptors (Lipinski definition) is 5. The van der Waals surface area contributed by atoms with Crippen LogP contribution < -0.4 is 5.32 Å². The molecule has 2 aromatic carbocycles. The summed E-state index contributed by atoms with van der Waals surface area (Å²) in [5.41, 5.74) is 2.78. The first kappa shape index (κ1) is 23.4. The predicted octanol–water partition coefficient (Wildman–Crippen LogP) is 6.14. The SMILES string of the molecule is Cc1cnc(-c2ccc(Nc3nc(-c4ccc(C(F)(F)F)cc4)cc(C(C)(C)O)n3)cc2C)[nH]1. The van der Waals surface area contributed by atoms with Crippen molar-refractivity contribution >= 4 is 11.6 Å². The first-order valence-electron chi connectivity index (χ1n) is 10.6. The van der Waals surface area contributed by atoms with E-state index in [9.17, 15) is 18.3 Å². The molecule has 3 N–H and O–H groups in total. The topological polar surface area (TPSA) is 86.7 Å². The summed E-state index contributed by atoms with van der Waals surface area (Å²) in [5, 5.41) is 13.7. The van der Waals surface area contributed by atoms with E-state index in [0.717, 1.165) is 40.5 Å². The molecule has 0 aliphatic rings. The van der Waals surface area contributed by atoms with Crippen molar-refractivity contribution in [2.45, 2.75) is 39.5 Å². The van der Waals surface area contributed by atoms with Crippen LogP contribution in [-0.2, 0) is 11.8 Å². The molecular weight excluding hydrogens is 443 g/mol. The number of anilines is 2. The summed E-state index contributed by atoms with van der Waals surface area (Å²) in [6.45, 7) is 7.06. The molecule has 34 heavy (non-hydrogen) atoms. The molecule has 2 heterocycles. The normalized spacial score (nSPS) is 12.1. The number of aryl methyl sites for hydroxylation is 2. The zero-order chi connectivity index (χ0) is 24.7. The van der Waals surface area contributed by atoms with Crippen LogP contribution in [-0.4, -0.2) is 25.0 Å². The minimum absolute atomic E-state index is 0.218. The number of imidazole rings is 1. The third kappa shape index (κ3) is 5.09. The van der Waals surface area contributed by atoms with Crippen molar-refractivity contribution in [3.63, 3.8) is 0 Å². The molecule has 4 rings (SSSR count). The number of alkyl halides is 3. The first-order valence-corrected chi connectivity index (χ1v) is 10.6. The molecular formula is C25H24F3N5O. The number of nitrogens with one attached hydrogen (secondary N) is 2. The van der Waals surface area contributed by atoms with Gasteiger partial charge in [0.2, 0.25) is 5.95 Å². The quantitative estimate of drug-likeness (QED) is 0.328. The van der Waals surface area contributed by atoms with Crippen molar-refractivity contribution in [1.29, 1.82) is 0 Å². The summed E-state index contributed by atoms with van der Waals surface area (Å²) >= 11 is 0. The molecule has 0 spiro atoms. The Morgan fingerprint density at radius 3 is 2.21 bits per heavy atom. The third-order valence-electron chi connectivity index (χ3n) is 5.30. The lowest BCUT2D eigenvalue weighted by Gasteiger charge is -2.19. The molecule has 0 saturated heterocycles. The Morgan fingerprint density at radius 1 is 0.941 bits per heavy atom. The maximum Gasteiger partial charge on any atom is 0.416 e. The molecule has 0 bridgehead atoms. The van der Waals surface area contributed by atoms with Gasteiger partial charge in [0.25, 0.3) is 0 Å². The number of aromatic amines is 1. The van der Waals surface area contributed by atoms with Crippen LogP contribution in [0.15, 0.2) is 54.7 Å². The van der Waals surface area contributed by atoms with Crippen LogP contribution in [0.3, 0.4) is 0 Å². The fourth-order valence-electron chi connectivity index (χ4n) is 3.48. The smallest absolute Gasteiger partial charge is 0.384 e. The summed E-state index contributed by atoms with van der Waals surface area (Å²) in [6.07, 6.45) is -2.66. The lowest BCUT2D eigenvalue weighted by atomic mass is 10.0. The van der Waals surface area contributed by atoms with Gasteiger partial charge >= 0.3 is 6.18 Å². The average molecular weight is 467 g/mol. The van der Waals surface area contributed by atoms with Gasteiger partial charge in [-0.1, -0.05) is 12.1 Å². The van der Waals surface area contributed by atoms with Crippen LogP contribution in [0.4, 0.5) is 24.8 Å². The Morgan fingerprint density at radius 2 is 1.65 bits per heavy atom. The van der Waals surface area contributed by atoms with E-state index in [1.54, 1.807) is 26.1 Å². The van der Waals surface area contributed by atoms with E-state index in [-0.39, 0.29) is 5.95 Å². The Labute approximate surface area is 195 Å². The highest BCUT2D eigenvalue weighted by Gasteiger charge is 2.30. The summed E-state index contributed by atoms with van der Waals surface area (Å²) in [4.78, 5) is 16.5. The van der Waals surface area contributed by atoms with E-state index in [1.165, 1.54) is 12.1 Å². The zero-order valence-corrected chi connectivity index (χ0v) is 19.1. The Hall–Kier alpha value is -3.72. The second-order valence-electron chi connectivity index (χ2n) is 8.67. The first-order chi connectivity index (χ1) is 15.9. The van der Waals surface area contributed by atoms with Crippen molar-refractivity contribution in [3.05, 3.63) is 77.2 Å².